The number of thiophene rings is 1. The van der Waals surface area contributed by atoms with Gasteiger partial charge in [-0.05, 0) is 29.2 Å². The molecule has 0 atom stereocenters. The normalized spacial score (nSPS) is 13.1. The van der Waals surface area contributed by atoms with Crippen molar-refractivity contribution < 1.29 is 4.79 Å². The topological polar surface area (TPSA) is 76.3 Å². The van der Waals surface area contributed by atoms with Crippen molar-refractivity contribution in [3.8, 4) is 11.1 Å². The van der Waals surface area contributed by atoms with E-state index in [1.165, 1.54) is 27.8 Å². The molecule has 0 aliphatic carbocycles. The summed E-state index contributed by atoms with van der Waals surface area (Å²) in [6.07, 6.45) is 0.486. The number of hydrogen-bond acceptors (Lipinski definition) is 6. The van der Waals surface area contributed by atoms with Crippen LogP contribution in [0.2, 0.25) is 0 Å². The van der Waals surface area contributed by atoms with Crippen LogP contribution in [0, 0.1) is 5.92 Å². The van der Waals surface area contributed by atoms with Crippen LogP contribution in [0.5, 0.6) is 0 Å². The lowest BCUT2D eigenvalue weighted by atomic mass is 10.1. The molecule has 166 valence electrons. The number of nitrogens with one attached hydrogen (secondary N) is 1. The maximum absolute atomic E-state index is 13.4. The molecule has 0 spiro atoms. The first-order valence-corrected chi connectivity index (χ1v) is 12.6. The number of benzene rings is 2. The molecule has 0 bridgehead atoms. The van der Waals surface area contributed by atoms with Gasteiger partial charge in [-0.15, -0.1) is 11.3 Å². The molecular formula is C25H22N4O2S2. The fraction of sp³-hybridized carbons (Fsp3) is 0.200. The Hall–Kier alpha value is -3.23. The van der Waals surface area contributed by atoms with Crippen LogP contribution >= 0.6 is 23.1 Å². The molecule has 1 aliphatic heterocycles. The van der Waals surface area contributed by atoms with Crippen molar-refractivity contribution in [1.82, 2.24) is 9.66 Å². The van der Waals surface area contributed by atoms with Gasteiger partial charge in [0.2, 0.25) is 5.91 Å². The number of carbonyl (C=O) groups excluding carboxylic acids is 1. The summed E-state index contributed by atoms with van der Waals surface area (Å²) >= 11 is 2.99. The summed E-state index contributed by atoms with van der Waals surface area (Å²) in [5.41, 5.74) is 4.18. The van der Waals surface area contributed by atoms with Gasteiger partial charge in [-0.25, -0.2) is 4.98 Å². The predicted molar refractivity (Wildman–Crippen MR) is 137 cm³/mol. The van der Waals surface area contributed by atoms with E-state index in [4.69, 9.17) is 4.98 Å². The third-order valence-corrected chi connectivity index (χ3v) is 7.11. The van der Waals surface area contributed by atoms with Crippen molar-refractivity contribution in [2.45, 2.75) is 25.4 Å². The van der Waals surface area contributed by atoms with Gasteiger partial charge in [-0.2, -0.15) is 9.78 Å². The molecule has 2 aromatic heterocycles. The Bertz CT molecular complexity index is 1420. The summed E-state index contributed by atoms with van der Waals surface area (Å²) in [6, 6.07) is 17.5. The number of amides is 1. The Morgan fingerprint density at radius 1 is 1.09 bits per heavy atom. The molecule has 1 amide bonds. The molecule has 0 radical (unpaired) electrons. The Labute approximate surface area is 199 Å². The average Bonchev–Trinajstić information content (AvgIpc) is 3.24. The van der Waals surface area contributed by atoms with Gasteiger partial charge in [0, 0.05) is 28.8 Å². The molecule has 1 N–H and O–H groups in total. The molecule has 3 heterocycles. The molecule has 1 aliphatic rings. The first-order valence-electron chi connectivity index (χ1n) is 10.7. The standard InChI is InChI=1S/C25H22N4O2S2/c1-15(2)12-21(30)26-18-10-8-17(9-11-18)20-14-33-25-27-23-22(24(31)29(25)28-20)19(13-32-23)16-6-4-3-5-7-16/h3-11,13,15H,12,14H2,1-2H3,(H,26,30). The largest absolute Gasteiger partial charge is 0.326 e. The first-order chi connectivity index (χ1) is 16.0. The molecule has 8 heteroatoms. The number of carbonyl (C=O) groups is 1. The van der Waals surface area contributed by atoms with E-state index in [-0.39, 0.29) is 11.5 Å². The highest BCUT2D eigenvalue weighted by Crippen LogP contribution is 2.33. The average molecular weight is 475 g/mol. The molecule has 6 nitrogen and oxygen atoms in total. The number of nitrogens with zero attached hydrogens (tertiary/aromatic N) is 3. The second kappa shape index (κ2) is 8.96. The van der Waals surface area contributed by atoms with Gasteiger partial charge in [0.25, 0.3) is 5.56 Å². The summed E-state index contributed by atoms with van der Waals surface area (Å²) in [4.78, 5) is 30.9. The summed E-state index contributed by atoms with van der Waals surface area (Å²) in [7, 11) is 0. The van der Waals surface area contributed by atoms with Crippen LogP contribution in [-0.2, 0) is 4.79 Å². The lowest BCUT2D eigenvalue weighted by molar-refractivity contribution is -0.116. The highest BCUT2D eigenvalue weighted by molar-refractivity contribution is 7.99. The Morgan fingerprint density at radius 2 is 1.85 bits per heavy atom. The smallest absolute Gasteiger partial charge is 0.284 e. The van der Waals surface area contributed by atoms with Crippen LogP contribution in [0.3, 0.4) is 0 Å². The maximum Gasteiger partial charge on any atom is 0.284 e. The monoisotopic (exact) mass is 474 g/mol. The van der Waals surface area contributed by atoms with E-state index < -0.39 is 0 Å². The zero-order chi connectivity index (χ0) is 22.9. The molecule has 2 aromatic carbocycles. The third kappa shape index (κ3) is 4.36. The molecular weight excluding hydrogens is 452 g/mol. The minimum absolute atomic E-state index is 0.00358. The summed E-state index contributed by atoms with van der Waals surface area (Å²) in [5, 5.41) is 10.8. The summed E-state index contributed by atoms with van der Waals surface area (Å²) < 4.78 is 1.42. The zero-order valence-electron chi connectivity index (χ0n) is 18.2. The number of hydrogen-bond donors (Lipinski definition) is 1. The second-order valence-electron chi connectivity index (χ2n) is 8.27. The fourth-order valence-electron chi connectivity index (χ4n) is 3.73. The van der Waals surface area contributed by atoms with Crippen LogP contribution in [0.4, 0.5) is 5.69 Å². The van der Waals surface area contributed by atoms with Crippen LogP contribution in [-0.4, -0.2) is 27.0 Å². The van der Waals surface area contributed by atoms with Gasteiger partial charge in [0.05, 0.1) is 11.1 Å². The summed E-state index contributed by atoms with van der Waals surface area (Å²) in [5.74, 6) is 0.930. The number of fused-ring (bicyclic) bond motifs is 2. The Balaban J connectivity index is 1.48. The van der Waals surface area contributed by atoms with Crippen molar-refractivity contribution in [2.24, 2.45) is 11.0 Å². The predicted octanol–water partition coefficient (Wildman–Crippen LogP) is 5.47. The van der Waals surface area contributed by atoms with E-state index in [0.29, 0.717) is 28.6 Å². The molecule has 0 unspecified atom stereocenters. The number of rotatable bonds is 5. The van der Waals surface area contributed by atoms with Crippen molar-refractivity contribution in [3.63, 3.8) is 0 Å². The van der Waals surface area contributed by atoms with E-state index in [2.05, 4.69) is 10.4 Å². The maximum atomic E-state index is 13.4. The minimum atomic E-state index is -0.155. The zero-order valence-corrected chi connectivity index (χ0v) is 19.9. The van der Waals surface area contributed by atoms with Crippen LogP contribution in [0.25, 0.3) is 21.3 Å². The molecule has 5 rings (SSSR count). The quantitative estimate of drug-likeness (QED) is 0.389. The number of anilines is 1. The van der Waals surface area contributed by atoms with Gasteiger partial charge in [-0.3, -0.25) is 9.59 Å². The molecule has 0 fully saturated rings. The summed E-state index contributed by atoms with van der Waals surface area (Å²) in [6.45, 7) is 4.03. The Morgan fingerprint density at radius 3 is 2.58 bits per heavy atom. The van der Waals surface area contributed by atoms with Crippen molar-refractivity contribution >= 4 is 50.6 Å². The van der Waals surface area contributed by atoms with E-state index in [1.54, 1.807) is 0 Å². The van der Waals surface area contributed by atoms with Gasteiger partial charge in [-0.1, -0.05) is 68.1 Å². The fourth-order valence-corrected chi connectivity index (χ4v) is 5.62. The first kappa shape index (κ1) is 21.6. The van der Waals surface area contributed by atoms with Gasteiger partial charge < -0.3 is 5.32 Å². The molecule has 0 saturated heterocycles. The van der Waals surface area contributed by atoms with E-state index >= 15 is 0 Å². The molecule has 4 aromatic rings. The highest BCUT2D eigenvalue weighted by Gasteiger charge is 2.21. The molecule has 33 heavy (non-hydrogen) atoms. The second-order valence-corrected chi connectivity index (χ2v) is 10.1. The van der Waals surface area contributed by atoms with Crippen molar-refractivity contribution in [2.75, 3.05) is 11.1 Å². The van der Waals surface area contributed by atoms with Gasteiger partial charge >= 0.3 is 0 Å². The van der Waals surface area contributed by atoms with E-state index in [9.17, 15) is 9.59 Å². The van der Waals surface area contributed by atoms with E-state index in [0.717, 1.165) is 32.9 Å². The minimum Gasteiger partial charge on any atom is -0.326 e. The van der Waals surface area contributed by atoms with Crippen molar-refractivity contribution in [1.29, 1.82) is 0 Å². The number of aromatic nitrogens is 2. The Kier molecular flexibility index (Phi) is 5.86. The lowest BCUT2D eigenvalue weighted by Gasteiger charge is -2.16. The van der Waals surface area contributed by atoms with Crippen LogP contribution in [0.1, 0.15) is 25.8 Å². The van der Waals surface area contributed by atoms with Gasteiger partial charge in [0.1, 0.15) is 4.83 Å². The van der Waals surface area contributed by atoms with Gasteiger partial charge in [0.15, 0.2) is 5.16 Å². The van der Waals surface area contributed by atoms with E-state index in [1.807, 2.05) is 73.8 Å². The third-order valence-electron chi connectivity index (χ3n) is 5.30. The SMILES string of the molecule is CC(C)CC(=O)Nc1ccc(C2=Nn3c(nc4scc(-c5ccccc5)c4c3=O)SC2)cc1. The number of thioether (sulfide) groups is 1. The van der Waals surface area contributed by atoms with Crippen LogP contribution in [0.15, 0.2) is 75.0 Å². The highest BCUT2D eigenvalue weighted by atomic mass is 32.2. The van der Waals surface area contributed by atoms with Crippen LogP contribution < -0.4 is 10.9 Å². The lowest BCUT2D eigenvalue weighted by Crippen LogP contribution is -2.25. The van der Waals surface area contributed by atoms with Crippen molar-refractivity contribution in [3.05, 3.63) is 75.9 Å². The molecule has 0 saturated carbocycles.